The summed E-state index contributed by atoms with van der Waals surface area (Å²) in [5.41, 5.74) is 5.35. The molecule has 6 heteroatoms. The van der Waals surface area contributed by atoms with Crippen molar-refractivity contribution in [2.45, 2.75) is 12.8 Å². The Morgan fingerprint density at radius 1 is 0.756 bits per heavy atom. The molecule has 202 valence electrons. The van der Waals surface area contributed by atoms with Gasteiger partial charge in [0.15, 0.2) is 0 Å². The first-order valence-electron chi connectivity index (χ1n) is 13.7. The lowest BCUT2D eigenvalue weighted by Crippen LogP contribution is -2.16. The third-order valence-corrected chi connectivity index (χ3v) is 8.05. The molecule has 0 fully saturated rings. The number of para-hydroxylation sites is 2. The number of rotatable bonds is 5. The van der Waals surface area contributed by atoms with E-state index in [9.17, 15) is 9.59 Å². The van der Waals surface area contributed by atoms with Crippen molar-refractivity contribution in [3.8, 4) is 0 Å². The number of hydrogen-bond acceptors (Lipinski definition) is 4. The zero-order valence-corrected chi connectivity index (χ0v) is 23.0. The van der Waals surface area contributed by atoms with Crippen molar-refractivity contribution >= 4 is 49.5 Å². The molecule has 0 saturated heterocycles. The molecule has 0 bridgehead atoms. The molecule has 0 amide bonds. The molecule has 0 saturated carbocycles. The van der Waals surface area contributed by atoms with Gasteiger partial charge in [-0.2, -0.15) is 0 Å². The SMILES string of the molecule is CCOC(=O)c1cc2cc(C(c3cn(C)c4ccccc34)c3cn(C)c4ccccc34)c3ccccc3c2oc1=O. The average molecular weight is 541 g/mol. The molecule has 0 spiro atoms. The molecule has 3 heterocycles. The van der Waals surface area contributed by atoms with E-state index in [0.717, 1.165) is 27.4 Å². The van der Waals surface area contributed by atoms with Crippen LogP contribution in [0.3, 0.4) is 0 Å². The van der Waals surface area contributed by atoms with Gasteiger partial charge in [-0.3, -0.25) is 0 Å². The summed E-state index contributed by atoms with van der Waals surface area (Å²) in [6.07, 6.45) is 4.43. The summed E-state index contributed by atoms with van der Waals surface area (Å²) >= 11 is 0. The van der Waals surface area contributed by atoms with Gasteiger partial charge in [0.25, 0.3) is 0 Å². The lowest BCUT2D eigenvalue weighted by Gasteiger charge is -2.21. The van der Waals surface area contributed by atoms with E-state index >= 15 is 0 Å². The average Bonchev–Trinajstić information content (AvgIpc) is 3.50. The maximum Gasteiger partial charge on any atom is 0.351 e. The Kier molecular flexibility index (Phi) is 5.78. The van der Waals surface area contributed by atoms with Gasteiger partial charge in [-0.15, -0.1) is 0 Å². The van der Waals surface area contributed by atoms with Crippen LogP contribution >= 0.6 is 0 Å². The lowest BCUT2D eigenvalue weighted by molar-refractivity contribution is 0.0522. The highest BCUT2D eigenvalue weighted by molar-refractivity contribution is 6.08. The van der Waals surface area contributed by atoms with Gasteiger partial charge >= 0.3 is 11.6 Å². The summed E-state index contributed by atoms with van der Waals surface area (Å²) in [6, 6.07) is 28.5. The number of carbonyl (C=O) groups excluding carboxylic acids is 1. The minimum atomic E-state index is -0.700. The highest BCUT2D eigenvalue weighted by Crippen LogP contribution is 2.44. The molecular formula is C35H28N2O4. The second-order valence-electron chi connectivity index (χ2n) is 10.5. The zero-order valence-electron chi connectivity index (χ0n) is 23.0. The molecular weight excluding hydrogens is 512 g/mol. The van der Waals surface area contributed by atoms with Gasteiger partial charge in [0.1, 0.15) is 11.1 Å². The number of benzene rings is 4. The topological polar surface area (TPSA) is 66.4 Å². The summed E-state index contributed by atoms with van der Waals surface area (Å²) in [7, 11) is 4.15. The van der Waals surface area contributed by atoms with E-state index in [4.69, 9.17) is 9.15 Å². The Morgan fingerprint density at radius 3 is 1.88 bits per heavy atom. The molecule has 0 aliphatic carbocycles. The first kappa shape index (κ1) is 24.9. The molecule has 6 nitrogen and oxygen atoms in total. The summed E-state index contributed by atoms with van der Waals surface area (Å²) < 4.78 is 15.3. The van der Waals surface area contributed by atoms with Crippen LogP contribution in [0.2, 0.25) is 0 Å². The standard InChI is InChI=1S/C35H28N2O4/c1-4-40-34(38)27-18-21-17-26(22-11-5-6-14-25(22)33(21)41-35(27)39)32(28-19-36(2)30-15-9-7-12-23(28)30)29-20-37(3)31-16-10-8-13-24(29)31/h5-20,32H,4H2,1-3H3. The number of hydrogen-bond donors (Lipinski definition) is 0. The second-order valence-corrected chi connectivity index (χ2v) is 10.5. The van der Waals surface area contributed by atoms with E-state index in [1.165, 1.54) is 21.9 Å². The van der Waals surface area contributed by atoms with Crippen LogP contribution in [0, 0.1) is 0 Å². The number of ether oxygens (including phenoxy) is 1. The highest BCUT2D eigenvalue weighted by atomic mass is 16.5. The fourth-order valence-electron chi connectivity index (χ4n) is 6.28. The van der Waals surface area contributed by atoms with E-state index in [2.05, 4.69) is 96.3 Å². The molecule has 41 heavy (non-hydrogen) atoms. The maximum atomic E-state index is 12.9. The molecule has 0 aliphatic rings. The van der Waals surface area contributed by atoms with Crippen molar-refractivity contribution in [2.75, 3.05) is 6.61 Å². The third kappa shape index (κ3) is 3.86. The Labute approximate surface area is 236 Å². The fourth-order valence-corrected chi connectivity index (χ4v) is 6.28. The van der Waals surface area contributed by atoms with Gasteiger partial charge in [0, 0.05) is 65.0 Å². The van der Waals surface area contributed by atoms with Crippen LogP contribution in [-0.4, -0.2) is 21.7 Å². The van der Waals surface area contributed by atoms with Crippen molar-refractivity contribution < 1.29 is 13.9 Å². The molecule has 0 atom stereocenters. The fraction of sp³-hybridized carbons (Fsp3) is 0.143. The molecule has 0 unspecified atom stereocenters. The summed E-state index contributed by atoms with van der Waals surface area (Å²) in [6.45, 7) is 1.88. The largest absolute Gasteiger partial charge is 0.462 e. The molecule has 0 radical (unpaired) electrons. The minimum absolute atomic E-state index is 0.104. The van der Waals surface area contributed by atoms with Crippen LogP contribution < -0.4 is 5.63 Å². The van der Waals surface area contributed by atoms with Crippen molar-refractivity contribution in [2.24, 2.45) is 14.1 Å². The van der Waals surface area contributed by atoms with Gasteiger partial charge in [-0.25, -0.2) is 9.59 Å². The normalized spacial score (nSPS) is 11.8. The minimum Gasteiger partial charge on any atom is -0.462 e. The van der Waals surface area contributed by atoms with Crippen LogP contribution in [0.5, 0.6) is 0 Å². The Hall–Kier alpha value is -5.10. The molecule has 7 rings (SSSR count). The van der Waals surface area contributed by atoms with Crippen molar-refractivity contribution in [3.63, 3.8) is 0 Å². The lowest BCUT2D eigenvalue weighted by atomic mass is 9.81. The zero-order chi connectivity index (χ0) is 28.2. The van der Waals surface area contributed by atoms with Gasteiger partial charge in [0.2, 0.25) is 0 Å². The van der Waals surface area contributed by atoms with E-state index in [1.807, 2.05) is 18.2 Å². The van der Waals surface area contributed by atoms with Gasteiger partial charge < -0.3 is 18.3 Å². The molecule has 4 aromatic carbocycles. The molecule has 0 N–H and O–H groups in total. The number of fused-ring (bicyclic) bond motifs is 5. The predicted molar refractivity (Wildman–Crippen MR) is 163 cm³/mol. The third-order valence-electron chi connectivity index (χ3n) is 8.05. The predicted octanol–water partition coefficient (Wildman–Crippen LogP) is 7.29. The summed E-state index contributed by atoms with van der Waals surface area (Å²) in [5.74, 6) is -0.836. The van der Waals surface area contributed by atoms with Crippen molar-refractivity contribution in [1.29, 1.82) is 0 Å². The monoisotopic (exact) mass is 540 g/mol. The van der Waals surface area contributed by atoms with E-state index in [1.54, 1.807) is 13.0 Å². The Morgan fingerprint density at radius 2 is 1.29 bits per heavy atom. The summed E-state index contributed by atoms with van der Waals surface area (Å²) in [5, 5.41) is 4.82. The Bertz CT molecular complexity index is 2120. The maximum absolute atomic E-state index is 12.9. The van der Waals surface area contributed by atoms with E-state index in [-0.39, 0.29) is 18.1 Å². The smallest absolute Gasteiger partial charge is 0.351 e. The molecule has 0 aliphatic heterocycles. The van der Waals surface area contributed by atoms with Gasteiger partial charge in [-0.05, 0) is 53.3 Å². The van der Waals surface area contributed by atoms with Gasteiger partial charge in [0.05, 0.1) is 6.61 Å². The molecule has 7 aromatic rings. The Balaban J connectivity index is 1.62. The number of aryl methyl sites for hydroxylation is 2. The summed E-state index contributed by atoms with van der Waals surface area (Å²) in [4.78, 5) is 25.5. The van der Waals surface area contributed by atoms with E-state index in [0.29, 0.717) is 11.0 Å². The van der Waals surface area contributed by atoms with Crippen LogP contribution in [0.25, 0.3) is 43.5 Å². The van der Waals surface area contributed by atoms with E-state index < -0.39 is 11.6 Å². The quantitative estimate of drug-likeness (QED) is 0.131. The number of nitrogens with zero attached hydrogens (tertiary/aromatic N) is 2. The first-order chi connectivity index (χ1) is 20.0. The highest BCUT2D eigenvalue weighted by Gasteiger charge is 2.28. The van der Waals surface area contributed by atoms with Crippen molar-refractivity contribution in [3.05, 3.63) is 130 Å². The van der Waals surface area contributed by atoms with Crippen LogP contribution in [-0.2, 0) is 18.8 Å². The van der Waals surface area contributed by atoms with Crippen molar-refractivity contribution in [1.82, 2.24) is 9.13 Å². The molecule has 3 aromatic heterocycles. The number of aromatic nitrogens is 2. The number of esters is 1. The van der Waals surface area contributed by atoms with Crippen LogP contribution in [0.1, 0.15) is 39.9 Å². The van der Waals surface area contributed by atoms with Crippen LogP contribution in [0.15, 0.2) is 107 Å². The first-order valence-corrected chi connectivity index (χ1v) is 13.7. The van der Waals surface area contributed by atoms with Crippen LogP contribution in [0.4, 0.5) is 0 Å². The van der Waals surface area contributed by atoms with Gasteiger partial charge in [-0.1, -0.05) is 60.7 Å². The second kappa shape index (κ2) is 9.52. The number of carbonyl (C=O) groups is 1.